The lowest BCUT2D eigenvalue weighted by Crippen LogP contribution is -2.38. The van der Waals surface area contributed by atoms with E-state index in [1.54, 1.807) is 18.2 Å². The Bertz CT molecular complexity index is 1010. The third-order valence-electron chi connectivity index (χ3n) is 4.58. The third kappa shape index (κ3) is 3.50. The van der Waals surface area contributed by atoms with Crippen LogP contribution in [0.1, 0.15) is 26.3 Å². The standard InChI is InChI=1S/C19H16N2O8/c22-12(9-27-8-11-4-5-15-16(6-11)29-10-28-15)7-20-18(23)13-2-1-3-14(21(25)26)17(13)19(20)24/h1-6,12,22H,7-10H2/t12-/m0/s1. The van der Waals surface area contributed by atoms with Gasteiger partial charge in [0.1, 0.15) is 5.56 Å². The molecule has 1 N–H and O–H groups in total. The first-order chi connectivity index (χ1) is 14.0. The molecule has 150 valence electrons. The highest BCUT2D eigenvalue weighted by molar-refractivity contribution is 6.23. The Balaban J connectivity index is 1.36. The highest BCUT2D eigenvalue weighted by atomic mass is 16.7. The molecule has 0 spiro atoms. The maximum Gasteiger partial charge on any atom is 0.282 e. The topological polar surface area (TPSA) is 128 Å². The van der Waals surface area contributed by atoms with Gasteiger partial charge in [-0.25, -0.2) is 0 Å². The highest BCUT2D eigenvalue weighted by Crippen LogP contribution is 2.33. The Hall–Kier alpha value is -3.50. The first-order valence-electron chi connectivity index (χ1n) is 8.73. The van der Waals surface area contributed by atoms with Crippen LogP contribution in [0.2, 0.25) is 0 Å². The number of carbonyl (C=O) groups is 2. The van der Waals surface area contributed by atoms with Gasteiger partial charge >= 0.3 is 0 Å². The number of benzene rings is 2. The minimum absolute atomic E-state index is 0.0438. The zero-order valence-electron chi connectivity index (χ0n) is 15.1. The van der Waals surface area contributed by atoms with Crippen molar-refractivity contribution in [1.82, 2.24) is 4.90 Å². The zero-order chi connectivity index (χ0) is 20.5. The predicted octanol–water partition coefficient (Wildman–Crippen LogP) is 1.50. The molecule has 2 aliphatic rings. The van der Waals surface area contributed by atoms with Crippen molar-refractivity contribution in [3.05, 3.63) is 63.2 Å². The number of rotatable bonds is 7. The molecule has 10 nitrogen and oxygen atoms in total. The zero-order valence-corrected chi connectivity index (χ0v) is 15.1. The number of imide groups is 1. The number of hydrogen-bond donors (Lipinski definition) is 1. The summed E-state index contributed by atoms with van der Waals surface area (Å²) in [4.78, 5) is 36.1. The lowest BCUT2D eigenvalue weighted by Gasteiger charge is -2.18. The molecule has 1 atom stereocenters. The van der Waals surface area contributed by atoms with E-state index in [0.29, 0.717) is 11.5 Å². The first kappa shape index (κ1) is 18.8. The van der Waals surface area contributed by atoms with Crippen molar-refractivity contribution in [2.24, 2.45) is 0 Å². The molecule has 2 aromatic rings. The van der Waals surface area contributed by atoms with Crippen molar-refractivity contribution in [2.45, 2.75) is 12.7 Å². The average Bonchev–Trinajstić information content (AvgIpc) is 3.26. The van der Waals surface area contributed by atoms with Crippen molar-refractivity contribution < 1.29 is 33.8 Å². The number of nitro benzene ring substituents is 1. The smallest absolute Gasteiger partial charge is 0.282 e. The normalized spacial score (nSPS) is 15.6. The van der Waals surface area contributed by atoms with Gasteiger partial charge in [0.25, 0.3) is 17.5 Å². The van der Waals surface area contributed by atoms with Crippen LogP contribution in [0.15, 0.2) is 36.4 Å². The molecule has 10 heteroatoms. The molecule has 0 fully saturated rings. The van der Waals surface area contributed by atoms with Gasteiger partial charge in [-0.3, -0.25) is 24.6 Å². The molecule has 0 unspecified atom stereocenters. The second kappa shape index (κ2) is 7.49. The van der Waals surface area contributed by atoms with Gasteiger partial charge in [-0.1, -0.05) is 12.1 Å². The van der Waals surface area contributed by atoms with Crippen molar-refractivity contribution >= 4 is 17.5 Å². The highest BCUT2D eigenvalue weighted by Gasteiger charge is 2.41. The van der Waals surface area contributed by atoms with E-state index in [4.69, 9.17) is 14.2 Å². The minimum atomic E-state index is -1.15. The molecule has 2 aliphatic heterocycles. The maximum atomic E-state index is 12.5. The summed E-state index contributed by atoms with van der Waals surface area (Å²) in [6, 6.07) is 9.17. The Morgan fingerprint density at radius 2 is 1.97 bits per heavy atom. The summed E-state index contributed by atoms with van der Waals surface area (Å²) >= 11 is 0. The fourth-order valence-corrected chi connectivity index (χ4v) is 3.24. The number of hydrogen-bond acceptors (Lipinski definition) is 8. The lowest BCUT2D eigenvalue weighted by atomic mass is 10.1. The summed E-state index contributed by atoms with van der Waals surface area (Å²) in [5.41, 5.74) is 0.0726. The molecule has 0 bridgehead atoms. The molecule has 2 amide bonds. The number of carbonyl (C=O) groups excluding carboxylic acids is 2. The third-order valence-corrected chi connectivity index (χ3v) is 4.58. The molecule has 0 aliphatic carbocycles. The quantitative estimate of drug-likeness (QED) is 0.421. The molecule has 0 aromatic heterocycles. The van der Waals surface area contributed by atoms with Crippen molar-refractivity contribution in [2.75, 3.05) is 19.9 Å². The summed E-state index contributed by atoms with van der Waals surface area (Å²) in [5, 5.41) is 21.3. The van der Waals surface area contributed by atoms with E-state index >= 15 is 0 Å². The van der Waals surface area contributed by atoms with Gasteiger partial charge in [0.05, 0.1) is 36.3 Å². The van der Waals surface area contributed by atoms with Crippen LogP contribution in [0.25, 0.3) is 0 Å². The van der Waals surface area contributed by atoms with Crippen LogP contribution in [0.3, 0.4) is 0 Å². The number of nitro groups is 1. The van der Waals surface area contributed by atoms with Crippen LogP contribution in [-0.2, 0) is 11.3 Å². The van der Waals surface area contributed by atoms with Crippen molar-refractivity contribution in [1.29, 1.82) is 0 Å². The second-order valence-electron chi connectivity index (χ2n) is 6.53. The molecule has 0 saturated carbocycles. The summed E-state index contributed by atoms with van der Waals surface area (Å²) < 4.78 is 16.0. The van der Waals surface area contributed by atoms with Gasteiger partial charge in [0, 0.05) is 6.07 Å². The Morgan fingerprint density at radius 1 is 1.17 bits per heavy atom. The molecule has 29 heavy (non-hydrogen) atoms. The molecular formula is C19H16N2O8. The van der Waals surface area contributed by atoms with E-state index < -0.39 is 28.5 Å². The summed E-state index contributed by atoms with van der Waals surface area (Å²) in [6.07, 6.45) is -1.15. The number of ether oxygens (including phenoxy) is 3. The predicted molar refractivity (Wildman–Crippen MR) is 96.7 cm³/mol. The maximum absolute atomic E-state index is 12.5. The first-order valence-corrected chi connectivity index (χ1v) is 8.73. The van der Waals surface area contributed by atoms with Crippen LogP contribution in [0.5, 0.6) is 11.5 Å². The van der Waals surface area contributed by atoms with Crippen LogP contribution in [0, 0.1) is 10.1 Å². The average molecular weight is 400 g/mol. The monoisotopic (exact) mass is 400 g/mol. The largest absolute Gasteiger partial charge is 0.454 e. The van der Waals surface area contributed by atoms with E-state index in [1.807, 2.05) is 0 Å². The molecule has 2 heterocycles. The van der Waals surface area contributed by atoms with Crippen LogP contribution >= 0.6 is 0 Å². The van der Waals surface area contributed by atoms with Crippen LogP contribution in [0.4, 0.5) is 5.69 Å². The fraction of sp³-hybridized carbons (Fsp3) is 0.263. The molecule has 2 aromatic carbocycles. The van der Waals surface area contributed by atoms with Crippen LogP contribution in [-0.4, -0.2) is 52.8 Å². The number of β-amino-alcohol motifs (C(OH)–C–C–N with tert-alkyl or cyclic N) is 1. The molecule has 0 saturated heterocycles. The second-order valence-corrected chi connectivity index (χ2v) is 6.53. The van der Waals surface area contributed by atoms with Gasteiger partial charge in [0.15, 0.2) is 11.5 Å². The van der Waals surface area contributed by atoms with Gasteiger partial charge in [0.2, 0.25) is 6.79 Å². The van der Waals surface area contributed by atoms with Crippen LogP contribution < -0.4 is 9.47 Å². The lowest BCUT2D eigenvalue weighted by molar-refractivity contribution is -0.385. The number of fused-ring (bicyclic) bond motifs is 2. The number of nitrogens with zero attached hydrogens (tertiary/aromatic N) is 2. The van der Waals surface area contributed by atoms with Crippen molar-refractivity contribution in [3.8, 4) is 11.5 Å². The summed E-state index contributed by atoms with van der Waals surface area (Å²) in [7, 11) is 0. The SMILES string of the molecule is O=C1c2cccc([N+](=O)[O-])c2C(=O)N1C[C@H](O)COCc1ccc2c(c1)OCO2. The van der Waals surface area contributed by atoms with E-state index in [1.165, 1.54) is 18.2 Å². The number of aliphatic hydroxyl groups is 1. The van der Waals surface area contributed by atoms with E-state index in [0.717, 1.165) is 10.5 Å². The molecule has 0 radical (unpaired) electrons. The number of amides is 2. The van der Waals surface area contributed by atoms with E-state index in [2.05, 4.69) is 0 Å². The Labute approximate surface area is 164 Å². The minimum Gasteiger partial charge on any atom is -0.454 e. The Morgan fingerprint density at radius 3 is 2.76 bits per heavy atom. The van der Waals surface area contributed by atoms with E-state index in [9.17, 15) is 24.8 Å². The Kier molecular flexibility index (Phi) is 4.87. The summed E-state index contributed by atoms with van der Waals surface area (Å²) in [5.74, 6) is -0.219. The molecule has 4 rings (SSSR count). The van der Waals surface area contributed by atoms with Gasteiger partial charge in [-0.05, 0) is 23.8 Å². The fourth-order valence-electron chi connectivity index (χ4n) is 3.24. The van der Waals surface area contributed by atoms with E-state index in [-0.39, 0.29) is 37.7 Å². The summed E-state index contributed by atoms with van der Waals surface area (Å²) in [6.45, 7) is -0.118. The molecular weight excluding hydrogens is 384 g/mol. The van der Waals surface area contributed by atoms with Gasteiger partial charge in [-0.15, -0.1) is 0 Å². The van der Waals surface area contributed by atoms with Gasteiger partial charge < -0.3 is 19.3 Å². The number of aliphatic hydroxyl groups excluding tert-OH is 1. The van der Waals surface area contributed by atoms with Gasteiger partial charge in [-0.2, -0.15) is 0 Å². The van der Waals surface area contributed by atoms with Crippen molar-refractivity contribution in [3.63, 3.8) is 0 Å².